The fraction of sp³-hybridized carbons (Fsp3) is 0.468. The molecule has 318 valence electrons. The zero-order valence-corrected chi connectivity index (χ0v) is 36.0. The second-order valence-electron chi connectivity index (χ2n) is 18.7. The van der Waals surface area contributed by atoms with Gasteiger partial charge in [0, 0.05) is 115 Å². The van der Waals surface area contributed by atoms with Crippen LogP contribution in [0.3, 0.4) is 0 Å². The number of benzene rings is 3. The minimum atomic E-state index is -0.621. The van der Waals surface area contributed by atoms with Crippen LogP contribution in [0.2, 0.25) is 5.02 Å². The molecule has 3 saturated heterocycles. The molecule has 5 heterocycles. The second kappa shape index (κ2) is 15.7. The second-order valence-corrected chi connectivity index (χ2v) is 19.1. The molecule has 1 atom stereocenters. The molecule has 1 unspecified atom stereocenters. The average molecular weight is 845 g/mol. The Morgan fingerprint density at radius 1 is 0.885 bits per heavy atom. The third-order valence-electron chi connectivity index (χ3n) is 14.1. The summed E-state index contributed by atoms with van der Waals surface area (Å²) in [5, 5.41) is 16.3. The molecule has 3 N–H and O–H groups in total. The predicted octanol–water partition coefficient (Wildman–Crippen LogP) is 6.10. The van der Waals surface area contributed by atoms with Crippen LogP contribution in [0.1, 0.15) is 85.4 Å². The van der Waals surface area contributed by atoms with Crippen LogP contribution in [0.5, 0.6) is 5.75 Å². The van der Waals surface area contributed by atoms with Crippen LogP contribution in [0.15, 0.2) is 60.7 Å². The number of anilines is 2. The minimum Gasteiger partial charge on any atom is -0.489 e. The van der Waals surface area contributed by atoms with Gasteiger partial charge in [-0.2, -0.15) is 5.26 Å². The van der Waals surface area contributed by atoms with Gasteiger partial charge in [-0.15, -0.1) is 0 Å². The number of ether oxygens (including phenoxy) is 1. The van der Waals surface area contributed by atoms with Gasteiger partial charge in [0.15, 0.2) is 0 Å². The Morgan fingerprint density at radius 2 is 1.57 bits per heavy atom. The number of rotatable bonds is 9. The fourth-order valence-electron chi connectivity index (χ4n) is 11.0. The maximum absolute atomic E-state index is 13.5. The first-order valence-electron chi connectivity index (χ1n) is 21.5. The number of fused-ring (bicyclic) bond motifs is 3. The van der Waals surface area contributed by atoms with Crippen molar-refractivity contribution in [3.8, 4) is 11.8 Å². The molecule has 4 amide bonds. The summed E-state index contributed by atoms with van der Waals surface area (Å²) in [6, 6.07) is 20.8. The first-order chi connectivity index (χ1) is 29.2. The van der Waals surface area contributed by atoms with Crippen molar-refractivity contribution in [2.75, 3.05) is 55.6 Å². The Bertz CT molecular complexity index is 2420. The predicted molar refractivity (Wildman–Crippen MR) is 234 cm³/mol. The number of piperidine rings is 2. The van der Waals surface area contributed by atoms with Crippen molar-refractivity contribution >= 4 is 57.5 Å². The summed E-state index contributed by atoms with van der Waals surface area (Å²) in [4.78, 5) is 63.3. The number of piperazine rings is 1. The normalized spacial score (nSPS) is 24.0. The molecule has 4 aliphatic heterocycles. The zero-order chi connectivity index (χ0) is 42.8. The molecule has 13 nitrogen and oxygen atoms in total. The molecule has 61 heavy (non-hydrogen) atoms. The Labute approximate surface area is 361 Å². The number of nitrogens with one attached hydrogen (secondary N) is 3. The molecule has 1 aromatic heterocycles. The summed E-state index contributed by atoms with van der Waals surface area (Å²) < 4.78 is 6.40. The highest BCUT2D eigenvalue weighted by atomic mass is 35.5. The number of carbonyl (C=O) groups is 4. The number of aromatic amines is 1. The van der Waals surface area contributed by atoms with Crippen molar-refractivity contribution in [1.29, 1.82) is 5.26 Å². The average Bonchev–Trinajstić information content (AvgIpc) is 3.77. The minimum absolute atomic E-state index is 0.0962. The number of hydrogen-bond acceptors (Lipinski definition) is 9. The third kappa shape index (κ3) is 7.48. The van der Waals surface area contributed by atoms with Crippen molar-refractivity contribution in [2.45, 2.75) is 78.1 Å². The van der Waals surface area contributed by atoms with E-state index in [2.05, 4.69) is 94.4 Å². The van der Waals surface area contributed by atoms with Crippen LogP contribution < -0.4 is 25.2 Å². The topological polar surface area (TPSA) is 154 Å². The van der Waals surface area contributed by atoms with Gasteiger partial charge in [0.2, 0.25) is 11.8 Å². The van der Waals surface area contributed by atoms with Gasteiger partial charge in [0.25, 0.3) is 11.8 Å². The number of imide groups is 1. The number of amides is 4. The van der Waals surface area contributed by atoms with E-state index in [0.717, 1.165) is 86.5 Å². The van der Waals surface area contributed by atoms with E-state index in [9.17, 15) is 24.4 Å². The molecular weight excluding hydrogens is 792 g/mol. The SMILES string of the molecule is CC1(C)[C@H](NC(=O)c2ccc(N3CCC(CN4CCN(c5ccc6c7c([nH]c6c5)C(=O)N(C5CCC(=O)NC5=O)C7)CC4)CC3)cc2)C(C)(C)[C@H]1Oc1ccc(C#N)c(Cl)c1. The van der Waals surface area contributed by atoms with E-state index in [0.29, 0.717) is 46.5 Å². The molecule has 4 fully saturated rings. The number of aromatic nitrogens is 1. The molecule has 0 bridgehead atoms. The van der Waals surface area contributed by atoms with Gasteiger partial charge in [-0.3, -0.25) is 29.4 Å². The first kappa shape index (κ1) is 40.8. The smallest absolute Gasteiger partial charge is 0.271 e. The summed E-state index contributed by atoms with van der Waals surface area (Å²) in [5.41, 5.74) is 5.03. The van der Waals surface area contributed by atoms with Gasteiger partial charge in [-0.05, 0) is 73.7 Å². The Kier molecular flexibility index (Phi) is 10.5. The van der Waals surface area contributed by atoms with Gasteiger partial charge in [-0.25, -0.2) is 0 Å². The maximum atomic E-state index is 13.5. The molecule has 1 aliphatic carbocycles. The largest absolute Gasteiger partial charge is 0.489 e. The van der Waals surface area contributed by atoms with Crippen molar-refractivity contribution in [3.63, 3.8) is 0 Å². The molecule has 0 radical (unpaired) electrons. The quantitative estimate of drug-likeness (QED) is 0.170. The van der Waals surface area contributed by atoms with Crippen LogP contribution in [0.25, 0.3) is 10.9 Å². The van der Waals surface area contributed by atoms with Gasteiger partial charge < -0.3 is 29.7 Å². The van der Waals surface area contributed by atoms with Gasteiger partial charge in [-0.1, -0.05) is 45.4 Å². The summed E-state index contributed by atoms with van der Waals surface area (Å²) >= 11 is 6.26. The van der Waals surface area contributed by atoms with Crippen LogP contribution in [-0.2, 0) is 16.1 Å². The van der Waals surface area contributed by atoms with Gasteiger partial charge in [0.1, 0.15) is 29.7 Å². The first-order valence-corrected chi connectivity index (χ1v) is 21.9. The van der Waals surface area contributed by atoms with E-state index in [4.69, 9.17) is 16.3 Å². The van der Waals surface area contributed by atoms with Gasteiger partial charge in [0.05, 0.1) is 10.6 Å². The lowest BCUT2D eigenvalue weighted by Gasteiger charge is -2.63. The lowest BCUT2D eigenvalue weighted by atomic mass is 9.49. The number of carbonyl (C=O) groups excluding carboxylic acids is 4. The highest BCUT2D eigenvalue weighted by molar-refractivity contribution is 6.31. The van der Waals surface area contributed by atoms with Crippen LogP contribution in [0, 0.1) is 28.1 Å². The highest BCUT2D eigenvalue weighted by Crippen LogP contribution is 2.55. The number of H-pyrrole nitrogens is 1. The Morgan fingerprint density at radius 3 is 2.25 bits per heavy atom. The number of halogens is 1. The third-order valence-corrected chi connectivity index (χ3v) is 14.4. The van der Waals surface area contributed by atoms with Crippen LogP contribution >= 0.6 is 11.6 Å². The fourth-order valence-corrected chi connectivity index (χ4v) is 11.2. The molecule has 5 aliphatic rings. The Hall–Kier alpha value is -5.58. The molecule has 1 saturated carbocycles. The van der Waals surface area contributed by atoms with Crippen molar-refractivity contribution in [2.24, 2.45) is 16.7 Å². The van der Waals surface area contributed by atoms with Gasteiger partial charge >= 0.3 is 0 Å². The summed E-state index contributed by atoms with van der Waals surface area (Å²) in [6.45, 7) is 15.7. The van der Waals surface area contributed by atoms with Crippen molar-refractivity contribution < 1.29 is 23.9 Å². The van der Waals surface area contributed by atoms with E-state index in [1.165, 1.54) is 0 Å². The lowest BCUT2D eigenvalue weighted by Crippen LogP contribution is -2.74. The number of nitriles is 1. The van der Waals surface area contributed by atoms with Crippen LogP contribution in [-0.4, -0.2) is 102 Å². The summed E-state index contributed by atoms with van der Waals surface area (Å²) in [5.74, 6) is 0.279. The van der Waals surface area contributed by atoms with E-state index in [1.807, 2.05) is 12.1 Å². The zero-order valence-electron chi connectivity index (χ0n) is 35.2. The molecular formula is C47H53ClN8O5. The standard InChI is InChI=1S/C47H53ClN8O5/c1-46(2)44(47(3,4)45(46)61-33-11-7-30(25-49)36(48)24-33)52-41(58)29-5-8-31(9-6-29)54-17-15-28(16-18-54)26-53-19-21-55(22-20-53)32-10-12-34-35-27-56(38-13-14-39(57)51-42(38)59)43(60)40(35)50-37(34)23-32/h5-12,23-24,28,38,44-45,50H,13-22,26-27H2,1-4H3,(H,52,58)(H,51,57,59)/t38?,44-,45-. The van der Waals surface area contributed by atoms with Crippen molar-refractivity contribution in [1.82, 2.24) is 25.4 Å². The molecule has 0 spiro atoms. The summed E-state index contributed by atoms with van der Waals surface area (Å²) in [6.07, 6.45) is 2.67. The molecule has 4 aromatic rings. The number of nitrogens with zero attached hydrogens (tertiary/aromatic N) is 5. The lowest BCUT2D eigenvalue weighted by molar-refractivity contribution is -0.164. The monoisotopic (exact) mass is 844 g/mol. The molecule has 9 rings (SSSR count). The molecule has 14 heteroatoms. The van der Waals surface area contributed by atoms with E-state index in [-0.39, 0.29) is 47.1 Å². The molecule has 3 aromatic carbocycles. The van der Waals surface area contributed by atoms with E-state index >= 15 is 0 Å². The van der Waals surface area contributed by atoms with E-state index in [1.54, 1.807) is 23.1 Å². The number of hydrogen-bond donors (Lipinski definition) is 3. The Balaban J connectivity index is 0.727. The van der Waals surface area contributed by atoms with E-state index < -0.39 is 11.9 Å². The summed E-state index contributed by atoms with van der Waals surface area (Å²) in [7, 11) is 0. The highest BCUT2D eigenvalue weighted by Gasteiger charge is 2.64. The maximum Gasteiger partial charge on any atom is 0.271 e. The van der Waals surface area contributed by atoms with Crippen LogP contribution in [0.4, 0.5) is 11.4 Å². The van der Waals surface area contributed by atoms with Crippen molar-refractivity contribution in [3.05, 3.63) is 88.1 Å².